The Morgan fingerprint density at radius 3 is 2.54 bits per heavy atom. The van der Waals surface area contributed by atoms with Crippen LogP contribution in [0.3, 0.4) is 0 Å². The van der Waals surface area contributed by atoms with Gasteiger partial charge in [-0.1, -0.05) is 26.0 Å². The number of fused-ring (bicyclic) bond motifs is 1. The average Bonchev–Trinajstić information content (AvgIpc) is 2.56. The lowest BCUT2D eigenvalue weighted by molar-refractivity contribution is 0.225. The maximum absolute atomic E-state index is 13.1. The smallest absolute Gasteiger partial charge is 0.258 e. The van der Waals surface area contributed by atoms with Gasteiger partial charge in [0, 0.05) is 31.9 Å². The zero-order valence-corrected chi connectivity index (χ0v) is 15.4. The summed E-state index contributed by atoms with van der Waals surface area (Å²) in [5.74, 6) is 0.239. The first kappa shape index (κ1) is 18.3. The number of rotatable bonds is 6. The summed E-state index contributed by atoms with van der Waals surface area (Å²) in [6.45, 7) is 8.43. The summed E-state index contributed by atoms with van der Waals surface area (Å²) in [5, 5.41) is 0. The van der Waals surface area contributed by atoms with Gasteiger partial charge in [0.15, 0.2) is 0 Å². The number of halogens is 1. The maximum Gasteiger partial charge on any atom is 0.258 e. The quantitative estimate of drug-likeness (QED) is 0.676. The van der Waals surface area contributed by atoms with Crippen molar-refractivity contribution in [2.75, 3.05) is 6.54 Å². The summed E-state index contributed by atoms with van der Waals surface area (Å²) in [6, 6.07) is 12.0. The first-order chi connectivity index (χ1) is 12.4. The molecule has 0 atom stereocenters. The molecule has 2 aromatic heterocycles. The second-order valence-corrected chi connectivity index (χ2v) is 7.21. The van der Waals surface area contributed by atoms with Gasteiger partial charge in [0.2, 0.25) is 0 Å². The van der Waals surface area contributed by atoms with Gasteiger partial charge in [-0.3, -0.25) is 14.1 Å². The van der Waals surface area contributed by atoms with Crippen LogP contribution < -0.4 is 5.56 Å². The molecule has 0 amide bonds. The van der Waals surface area contributed by atoms with E-state index in [0.717, 1.165) is 23.4 Å². The molecule has 26 heavy (non-hydrogen) atoms. The van der Waals surface area contributed by atoms with Gasteiger partial charge in [-0.05, 0) is 48.2 Å². The van der Waals surface area contributed by atoms with E-state index < -0.39 is 0 Å². The van der Waals surface area contributed by atoms with E-state index in [0.29, 0.717) is 24.7 Å². The normalized spacial score (nSPS) is 11.6. The van der Waals surface area contributed by atoms with Gasteiger partial charge in [0.25, 0.3) is 5.56 Å². The third-order valence-corrected chi connectivity index (χ3v) is 4.20. The molecule has 0 aliphatic rings. The highest BCUT2D eigenvalue weighted by atomic mass is 19.1. The topological polar surface area (TPSA) is 37.6 Å². The van der Waals surface area contributed by atoms with Crippen LogP contribution in [0.1, 0.15) is 30.7 Å². The van der Waals surface area contributed by atoms with Crippen molar-refractivity contribution in [1.29, 1.82) is 0 Å². The Morgan fingerprint density at radius 2 is 1.85 bits per heavy atom. The minimum absolute atomic E-state index is 0.0729. The minimum Gasteiger partial charge on any atom is -0.293 e. The van der Waals surface area contributed by atoms with E-state index in [4.69, 9.17) is 0 Å². The maximum atomic E-state index is 13.1. The second kappa shape index (κ2) is 7.79. The molecular formula is C21H24FN3O. The van der Waals surface area contributed by atoms with Crippen LogP contribution in [0, 0.1) is 18.7 Å². The zero-order valence-electron chi connectivity index (χ0n) is 15.4. The molecule has 0 saturated carbocycles. The molecule has 5 heteroatoms. The lowest BCUT2D eigenvalue weighted by Gasteiger charge is -2.24. The largest absolute Gasteiger partial charge is 0.293 e. The Kier molecular flexibility index (Phi) is 5.47. The highest BCUT2D eigenvalue weighted by molar-refractivity contribution is 5.41. The fourth-order valence-electron chi connectivity index (χ4n) is 3.11. The van der Waals surface area contributed by atoms with Crippen LogP contribution in [0.2, 0.25) is 0 Å². The van der Waals surface area contributed by atoms with Gasteiger partial charge in [-0.25, -0.2) is 9.37 Å². The lowest BCUT2D eigenvalue weighted by atomic mass is 10.1. The van der Waals surface area contributed by atoms with Crippen molar-refractivity contribution in [1.82, 2.24) is 14.3 Å². The van der Waals surface area contributed by atoms with Gasteiger partial charge in [-0.2, -0.15) is 0 Å². The molecule has 1 aromatic carbocycles. The first-order valence-electron chi connectivity index (χ1n) is 8.86. The first-order valence-corrected chi connectivity index (χ1v) is 8.86. The third-order valence-electron chi connectivity index (χ3n) is 4.20. The molecule has 0 spiro atoms. The van der Waals surface area contributed by atoms with Crippen molar-refractivity contribution in [3.63, 3.8) is 0 Å². The fraction of sp³-hybridized carbons (Fsp3) is 0.333. The summed E-state index contributed by atoms with van der Waals surface area (Å²) >= 11 is 0. The average molecular weight is 353 g/mol. The van der Waals surface area contributed by atoms with Crippen molar-refractivity contribution < 1.29 is 4.39 Å². The minimum atomic E-state index is -0.233. The van der Waals surface area contributed by atoms with E-state index >= 15 is 0 Å². The van der Waals surface area contributed by atoms with Gasteiger partial charge in [0.05, 0.1) is 5.69 Å². The Hall–Kier alpha value is -2.53. The second-order valence-electron chi connectivity index (χ2n) is 7.21. The van der Waals surface area contributed by atoms with Crippen molar-refractivity contribution in [3.8, 4) is 0 Å². The lowest BCUT2D eigenvalue weighted by Crippen LogP contribution is -2.28. The van der Waals surface area contributed by atoms with Gasteiger partial charge >= 0.3 is 0 Å². The highest BCUT2D eigenvalue weighted by Gasteiger charge is 2.12. The van der Waals surface area contributed by atoms with Crippen LogP contribution in [0.25, 0.3) is 5.65 Å². The third kappa shape index (κ3) is 4.55. The number of hydrogen-bond acceptors (Lipinski definition) is 3. The van der Waals surface area contributed by atoms with Gasteiger partial charge in [-0.15, -0.1) is 0 Å². The van der Waals surface area contributed by atoms with Crippen molar-refractivity contribution >= 4 is 5.65 Å². The zero-order chi connectivity index (χ0) is 18.7. The molecule has 4 nitrogen and oxygen atoms in total. The number of hydrogen-bond donors (Lipinski definition) is 0. The van der Waals surface area contributed by atoms with E-state index in [9.17, 15) is 9.18 Å². The van der Waals surface area contributed by atoms with Crippen LogP contribution in [0.4, 0.5) is 4.39 Å². The van der Waals surface area contributed by atoms with Gasteiger partial charge in [0.1, 0.15) is 11.5 Å². The van der Waals surface area contributed by atoms with Crippen LogP contribution >= 0.6 is 0 Å². The van der Waals surface area contributed by atoms with Crippen molar-refractivity contribution in [2.24, 2.45) is 5.92 Å². The Labute approximate surface area is 152 Å². The van der Waals surface area contributed by atoms with E-state index in [1.54, 1.807) is 28.8 Å². The molecule has 0 unspecified atom stereocenters. The van der Waals surface area contributed by atoms with Crippen molar-refractivity contribution in [2.45, 2.75) is 33.9 Å². The summed E-state index contributed by atoms with van der Waals surface area (Å²) in [6.07, 6.45) is 1.76. The monoisotopic (exact) mass is 353 g/mol. The van der Waals surface area contributed by atoms with Crippen molar-refractivity contribution in [3.05, 3.63) is 81.7 Å². The molecule has 0 N–H and O–H groups in total. The molecule has 3 aromatic rings. The SMILES string of the molecule is Cc1ccn2c(=O)cc(CN(Cc3ccc(F)cc3)CC(C)C)nc2c1. The molecule has 0 fully saturated rings. The predicted octanol–water partition coefficient (Wildman–Crippen LogP) is 3.80. The van der Waals surface area contributed by atoms with Crippen LogP contribution in [-0.2, 0) is 13.1 Å². The van der Waals surface area contributed by atoms with E-state index in [1.165, 1.54) is 12.1 Å². The molecule has 136 valence electrons. The molecule has 3 rings (SSSR count). The Morgan fingerprint density at radius 1 is 1.12 bits per heavy atom. The highest BCUT2D eigenvalue weighted by Crippen LogP contribution is 2.12. The van der Waals surface area contributed by atoms with E-state index in [1.807, 2.05) is 19.1 Å². The molecule has 0 aliphatic carbocycles. The molecular weight excluding hydrogens is 329 g/mol. The number of nitrogens with zero attached hydrogens (tertiary/aromatic N) is 3. The van der Waals surface area contributed by atoms with Crippen LogP contribution in [0.15, 0.2) is 53.5 Å². The number of aryl methyl sites for hydroxylation is 1. The molecule has 0 saturated heterocycles. The molecule has 0 aliphatic heterocycles. The standard InChI is InChI=1S/C21H24FN3O/c1-15(2)12-24(13-17-4-6-18(22)7-5-17)14-19-11-21(26)25-9-8-16(3)10-20(25)23-19/h4-11,15H,12-14H2,1-3H3. The molecule has 0 radical (unpaired) electrons. The summed E-state index contributed by atoms with van der Waals surface area (Å²) in [5.41, 5.74) is 3.46. The summed E-state index contributed by atoms with van der Waals surface area (Å²) in [7, 11) is 0. The molecule has 0 bridgehead atoms. The molecule has 2 heterocycles. The summed E-state index contributed by atoms with van der Waals surface area (Å²) in [4.78, 5) is 19.3. The van der Waals surface area contributed by atoms with Gasteiger partial charge < -0.3 is 0 Å². The number of pyridine rings is 1. The van der Waals surface area contributed by atoms with Crippen LogP contribution in [0.5, 0.6) is 0 Å². The number of aromatic nitrogens is 2. The van der Waals surface area contributed by atoms with E-state index in [2.05, 4.69) is 23.7 Å². The van der Waals surface area contributed by atoms with E-state index in [-0.39, 0.29) is 11.4 Å². The summed E-state index contributed by atoms with van der Waals surface area (Å²) < 4.78 is 14.7. The predicted molar refractivity (Wildman–Crippen MR) is 102 cm³/mol. The number of benzene rings is 1. The Bertz CT molecular complexity index is 948. The fourth-order valence-corrected chi connectivity index (χ4v) is 3.11. The van der Waals surface area contributed by atoms with Crippen LogP contribution in [-0.4, -0.2) is 20.8 Å². The Balaban J connectivity index is 1.87.